The van der Waals surface area contributed by atoms with Crippen LogP contribution in [0, 0.1) is 5.92 Å². The third kappa shape index (κ3) is 5.77. The maximum Gasteiger partial charge on any atom is 0.267 e. The van der Waals surface area contributed by atoms with E-state index in [2.05, 4.69) is 20.4 Å². The molecule has 1 N–H and O–H groups in total. The summed E-state index contributed by atoms with van der Waals surface area (Å²) in [6.07, 6.45) is 6.67. The van der Waals surface area contributed by atoms with Crippen LogP contribution in [0.25, 0.3) is 11.4 Å². The first kappa shape index (κ1) is 25.0. The fraction of sp³-hybridized carbons (Fsp3) is 0.538. The minimum absolute atomic E-state index is 0.107. The van der Waals surface area contributed by atoms with Gasteiger partial charge in [0, 0.05) is 44.5 Å². The number of carbonyl (C=O) groups is 1. The fourth-order valence-electron chi connectivity index (χ4n) is 4.72. The van der Waals surface area contributed by atoms with E-state index in [9.17, 15) is 13.6 Å². The zero-order chi connectivity index (χ0) is 25.0. The van der Waals surface area contributed by atoms with E-state index in [1.165, 1.54) is 0 Å². The largest absolute Gasteiger partial charge is 0.347 e. The highest BCUT2D eigenvalue weighted by atomic mass is 19.3. The van der Waals surface area contributed by atoms with Crippen LogP contribution in [0.4, 0.5) is 8.78 Å². The van der Waals surface area contributed by atoms with Crippen LogP contribution in [0.2, 0.25) is 0 Å². The number of aliphatic imine (C=N–C) groups is 1. The number of carbonyl (C=O) groups excluding carboxylic acids is 1. The molecule has 1 saturated heterocycles. The molecule has 1 unspecified atom stereocenters. The second-order valence-corrected chi connectivity index (χ2v) is 9.35. The minimum Gasteiger partial charge on any atom is -0.347 e. The van der Waals surface area contributed by atoms with Crippen LogP contribution in [0.3, 0.4) is 0 Å². The van der Waals surface area contributed by atoms with Crippen molar-refractivity contribution >= 4 is 11.7 Å². The highest BCUT2D eigenvalue weighted by Gasteiger charge is 2.37. The molecule has 1 amide bonds. The fourth-order valence-corrected chi connectivity index (χ4v) is 4.72. The Kier molecular flexibility index (Phi) is 7.62. The van der Waals surface area contributed by atoms with Crippen molar-refractivity contribution in [3.05, 3.63) is 47.4 Å². The molecule has 2 aliphatic heterocycles. The average Bonchev–Trinajstić information content (AvgIpc) is 3.29. The summed E-state index contributed by atoms with van der Waals surface area (Å²) in [5.41, 5.74) is 2.44. The van der Waals surface area contributed by atoms with Crippen LogP contribution in [-0.4, -0.2) is 50.9 Å². The topological polar surface area (TPSA) is 75.4 Å². The van der Waals surface area contributed by atoms with Gasteiger partial charge in [0.15, 0.2) is 5.82 Å². The van der Waals surface area contributed by atoms with Crippen LogP contribution in [0.1, 0.15) is 57.3 Å². The molecule has 7 nitrogen and oxygen atoms in total. The van der Waals surface area contributed by atoms with Crippen molar-refractivity contribution in [2.24, 2.45) is 10.9 Å². The summed E-state index contributed by atoms with van der Waals surface area (Å²) >= 11 is 0. The standard InChI is InChI=1S/C26H34F2N6O/c1-4-7-21(33-15-6-5-8-22(33)29-3)25(35)30-16-18-9-11-19(12-10-18)24-31-23-14-13-20(26(2,27)28)17-34(23)32-24/h7,9-12,20H,4-6,8,13-17H2,1-3H3,(H,30,35)/b21-7+,29-22?. The molecule has 0 radical (unpaired) electrons. The Hall–Kier alpha value is -3.10. The number of amidine groups is 1. The summed E-state index contributed by atoms with van der Waals surface area (Å²) in [5, 5.41) is 7.51. The third-order valence-corrected chi connectivity index (χ3v) is 6.76. The number of piperidine rings is 1. The summed E-state index contributed by atoms with van der Waals surface area (Å²) in [7, 11) is 1.78. The number of rotatable bonds is 7. The van der Waals surface area contributed by atoms with Gasteiger partial charge in [0.25, 0.3) is 5.91 Å². The van der Waals surface area contributed by atoms with Crippen molar-refractivity contribution in [2.75, 3.05) is 13.6 Å². The molecule has 35 heavy (non-hydrogen) atoms. The molecule has 2 aromatic rings. The molecule has 0 spiro atoms. The van der Waals surface area contributed by atoms with E-state index in [1.807, 2.05) is 42.2 Å². The number of likely N-dealkylation sites (tertiary alicyclic amines) is 1. The number of aryl methyl sites for hydroxylation is 1. The highest BCUT2D eigenvalue weighted by molar-refractivity contribution is 5.98. The van der Waals surface area contributed by atoms with Gasteiger partial charge < -0.3 is 10.2 Å². The lowest BCUT2D eigenvalue weighted by Gasteiger charge is -2.31. The van der Waals surface area contributed by atoms with E-state index in [1.54, 1.807) is 11.7 Å². The Morgan fingerprint density at radius 1 is 1.26 bits per heavy atom. The van der Waals surface area contributed by atoms with Gasteiger partial charge in [-0.3, -0.25) is 9.79 Å². The number of halogens is 2. The zero-order valence-electron chi connectivity index (χ0n) is 20.7. The number of fused-ring (bicyclic) bond motifs is 1. The molecule has 0 saturated carbocycles. The van der Waals surface area contributed by atoms with Crippen molar-refractivity contribution in [3.63, 3.8) is 0 Å². The number of nitrogens with zero attached hydrogens (tertiary/aromatic N) is 5. The van der Waals surface area contributed by atoms with Crippen LogP contribution in [-0.2, 0) is 24.3 Å². The predicted molar refractivity (Wildman–Crippen MR) is 132 cm³/mol. The average molecular weight is 485 g/mol. The number of allylic oxidation sites excluding steroid dienone is 1. The van der Waals surface area contributed by atoms with Gasteiger partial charge in [-0.1, -0.05) is 37.3 Å². The van der Waals surface area contributed by atoms with E-state index < -0.39 is 11.8 Å². The van der Waals surface area contributed by atoms with Crippen molar-refractivity contribution in [1.29, 1.82) is 0 Å². The highest BCUT2D eigenvalue weighted by Crippen LogP contribution is 2.33. The maximum absolute atomic E-state index is 13.7. The number of amides is 1. The monoisotopic (exact) mass is 484 g/mol. The number of hydrogen-bond acceptors (Lipinski definition) is 4. The molecular formula is C26H34F2N6O. The zero-order valence-corrected chi connectivity index (χ0v) is 20.7. The number of alkyl halides is 2. The number of benzene rings is 1. The SMILES string of the molecule is CC/C=C(\C(=O)NCc1ccc(-c2nc3n(n2)CC(C(C)(F)F)CC3)cc1)N1CCCCC1=NC. The molecule has 188 valence electrons. The molecule has 9 heteroatoms. The first-order valence-corrected chi connectivity index (χ1v) is 12.4. The Morgan fingerprint density at radius 3 is 2.71 bits per heavy atom. The Balaban J connectivity index is 1.40. The van der Waals surface area contributed by atoms with Gasteiger partial charge in [0.05, 0.1) is 6.54 Å². The third-order valence-electron chi connectivity index (χ3n) is 6.76. The van der Waals surface area contributed by atoms with Crippen molar-refractivity contribution in [3.8, 4) is 11.4 Å². The first-order chi connectivity index (χ1) is 16.8. The smallest absolute Gasteiger partial charge is 0.267 e. The molecule has 0 bridgehead atoms. The lowest BCUT2D eigenvalue weighted by atomic mass is 9.94. The lowest BCUT2D eigenvalue weighted by molar-refractivity contribution is -0.118. The van der Waals surface area contributed by atoms with E-state index in [0.717, 1.165) is 61.9 Å². The lowest BCUT2D eigenvalue weighted by Crippen LogP contribution is -2.41. The van der Waals surface area contributed by atoms with Crippen LogP contribution in [0.15, 0.2) is 41.0 Å². The predicted octanol–water partition coefficient (Wildman–Crippen LogP) is 4.59. The van der Waals surface area contributed by atoms with Gasteiger partial charge in [-0.05, 0) is 38.2 Å². The Labute approximate surface area is 205 Å². The van der Waals surface area contributed by atoms with Crippen molar-refractivity contribution < 1.29 is 13.6 Å². The number of aromatic nitrogens is 3. The maximum atomic E-state index is 13.7. The normalized spacial score (nSPS) is 20.1. The van der Waals surface area contributed by atoms with Crippen molar-refractivity contribution in [1.82, 2.24) is 25.0 Å². The molecule has 2 aliphatic rings. The van der Waals surface area contributed by atoms with E-state index >= 15 is 0 Å². The summed E-state index contributed by atoms with van der Waals surface area (Å²) in [5.74, 6) is -1.29. The van der Waals surface area contributed by atoms with Gasteiger partial charge >= 0.3 is 0 Å². The van der Waals surface area contributed by atoms with Gasteiger partial charge in [-0.2, -0.15) is 5.10 Å². The van der Waals surface area contributed by atoms with Crippen LogP contribution < -0.4 is 5.32 Å². The molecule has 1 aromatic heterocycles. The second kappa shape index (κ2) is 10.7. The van der Waals surface area contributed by atoms with E-state index in [0.29, 0.717) is 30.9 Å². The molecule has 3 heterocycles. The summed E-state index contributed by atoms with van der Waals surface area (Å²) < 4.78 is 29.1. The van der Waals surface area contributed by atoms with Crippen molar-refractivity contribution in [2.45, 2.75) is 71.4 Å². The summed E-state index contributed by atoms with van der Waals surface area (Å²) in [4.78, 5) is 24.0. The molecule has 1 fully saturated rings. The molecule has 4 rings (SSSR count). The van der Waals surface area contributed by atoms with Gasteiger partial charge in [-0.25, -0.2) is 18.4 Å². The Bertz CT molecular complexity index is 1100. The number of nitrogens with one attached hydrogen (secondary N) is 1. The first-order valence-electron chi connectivity index (χ1n) is 12.4. The van der Waals surface area contributed by atoms with Gasteiger partial charge in [0.1, 0.15) is 17.4 Å². The number of hydrogen-bond donors (Lipinski definition) is 1. The molecular weight excluding hydrogens is 450 g/mol. The summed E-state index contributed by atoms with van der Waals surface area (Å²) in [6, 6.07) is 7.68. The van der Waals surface area contributed by atoms with Gasteiger partial charge in [-0.15, -0.1) is 0 Å². The molecule has 1 aromatic carbocycles. The molecule has 1 atom stereocenters. The van der Waals surface area contributed by atoms with Crippen LogP contribution in [0.5, 0.6) is 0 Å². The Morgan fingerprint density at radius 2 is 2.03 bits per heavy atom. The minimum atomic E-state index is -2.72. The quantitative estimate of drug-likeness (QED) is 0.584. The summed E-state index contributed by atoms with van der Waals surface area (Å²) in [6.45, 7) is 4.38. The van der Waals surface area contributed by atoms with E-state index in [-0.39, 0.29) is 12.5 Å². The second-order valence-electron chi connectivity index (χ2n) is 9.35. The van der Waals surface area contributed by atoms with Crippen LogP contribution >= 0.6 is 0 Å². The molecule has 0 aliphatic carbocycles. The van der Waals surface area contributed by atoms with Gasteiger partial charge in [0.2, 0.25) is 5.92 Å². The van der Waals surface area contributed by atoms with E-state index in [4.69, 9.17) is 0 Å².